The van der Waals surface area contributed by atoms with E-state index in [-0.39, 0.29) is 5.69 Å². The van der Waals surface area contributed by atoms with Gasteiger partial charge in [-0.05, 0) is 24.6 Å². The van der Waals surface area contributed by atoms with Crippen molar-refractivity contribution in [1.29, 1.82) is 0 Å². The van der Waals surface area contributed by atoms with Crippen LogP contribution in [0.2, 0.25) is 0 Å². The normalized spacial score (nSPS) is 13.1. The van der Waals surface area contributed by atoms with Gasteiger partial charge in [-0.25, -0.2) is 0 Å². The lowest BCUT2D eigenvalue weighted by atomic mass is 10.1. The van der Waals surface area contributed by atoms with E-state index >= 15 is 0 Å². The minimum Gasteiger partial charge on any atom is -0.506 e. The Labute approximate surface area is 114 Å². The molecule has 0 unspecified atom stereocenters. The van der Waals surface area contributed by atoms with Gasteiger partial charge in [0.25, 0.3) is 0 Å². The van der Waals surface area contributed by atoms with Gasteiger partial charge in [-0.1, -0.05) is 19.8 Å². The molecule has 0 saturated carbocycles. The van der Waals surface area contributed by atoms with Crippen molar-refractivity contribution in [3.63, 3.8) is 0 Å². The highest BCUT2D eigenvalue weighted by Crippen LogP contribution is 2.34. The number of amides is 1. The molecular formula is C13H17F3N2O2. The van der Waals surface area contributed by atoms with E-state index in [1.54, 1.807) is 0 Å². The molecule has 7 heteroatoms. The maximum absolute atomic E-state index is 12.5. The Morgan fingerprint density at radius 3 is 2.65 bits per heavy atom. The third-order valence-corrected chi connectivity index (χ3v) is 2.79. The quantitative estimate of drug-likeness (QED) is 0.730. The number of aromatic hydroxyl groups is 1. The highest BCUT2D eigenvalue weighted by Gasteiger charge is 2.31. The van der Waals surface area contributed by atoms with Gasteiger partial charge in [-0.3, -0.25) is 4.79 Å². The molecule has 0 saturated heterocycles. The van der Waals surface area contributed by atoms with Crippen LogP contribution >= 0.6 is 0 Å². The summed E-state index contributed by atoms with van der Waals surface area (Å²) in [6.45, 7) is 1.93. The first-order chi connectivity index (χ1) is 9.25. The molecule has 1 amide bonds. The maximum atomic E-state index is 12.5. The van der Waals surface area contributed by atoms with Gasteiger partial charge in [-0.15, -0.1) is 0 Å². The lowest BCUT2D eigenvalue weighted by molar-refractivity contribution is -0.137. The SMILES string of the molecule is CCCC[C@H](N)C(=O)Nc1cc(C(F)(F)F)ccc1O. The molecule has 112 valence electrons. The fraction of sp³-hybridized carbons (Fsp3) is 0.462. The summed E-state index contributed by atoms with van der Waals surface area (Å²) in [4.78, 5) is 11.7. The lowest BCUT2D eigenvalue weighted by Gasteiger charge is -2.14. The Bertz CT molecular complexity index is 475. The Hall–Kier alpha value is -1.76. The molecule has 1 aromatic rings. The number of unbranched alkanes of at least 4 members (excludes halogenated alkanes) is 1. The van der Waals surface area contributed by atoms with Crippen molar-refractivity contribution in [2.75, 3.05) is 5.32 Å². The highest BCUT2D eigenvalue weighted by atomic mass is 19.4. The monoisotopic (exact) mass is 290 g/mol. The smallest absolute Gasteiger partial charge is 0.416 e. The number of rotatable bonds is 5. The first-order valence-corrected chi connectivity index (χ1v) is 6.22. The van der Waals surface area contributed by atoms with Gasteiger partial charge in [0.1, 0.15) is 5.75 Å². The van der Waals surface area contributed by atoms with Crippen molar-refractivity contribution < 1.29 is 23.1 Å². The van der Waals surface area contributed by atoms with Gasteiger partial charge < -0.3 is 16.2 Å². The number of benzene rings is 1. The summed E-state index contributed by atoms with van der Waals surface area (Å²) in [5.41, 5.74) is 4.36. The number of alkyl halides is 3. The summed E-state index contributed by atoms with van der Waals surface area (Å²) in [5.74, 6) is -1.05. The van der Waals surface area contributed by atoms with Crippen molar-refractivity contribution in [2.24, 2.45) is 5.73 Å². The molecule has 1 aromatic carbocycles. The topological polar surface area (TPSA) is 75.4 Å². The number of anilines is 1. The summed E-state index contributed by atoms with van der Waals surface area (Å²) in [5, 5.41) is 11.7. The number of carbonyl (C=O) groups excluding carboxylic acids is 1. The van der Waals surface area contributed by atoms with Crippen molar-refractivity contribution in [2.45, 2.75) is 38.4 Å². The molecular weight excluding hydrogens is 273 g/mol. The number of carbonyl (C=O) groups is 1. The Morgan fingerprint density at radius 2 is 2.10 bits per heavy atom. The van der Waals surface area contributed by atoms with Gasteiger partial charge in [0.15, 0.2) is 0 Å². The first kappa shape index (κ1) is 16.3. The van der Waals surface area contributed by atoms with Gasteiger partial charge in [0, 0.05) is 0 Å². The van der Waals surface area contributed by atoms with Crippen LogP contribution in [0.25, 0.3) is 0 Å². The number of nitrogens with two attached hydrogens (primary N) is 1. The van der Waals surface area contributed by atoms with E-state index in [0.717, 1.165) is 25.0 Å². The third kappa shape index (κ3) is 4.41. The second-order valence-electron chi connectivity index (χ2n) is 4.47. The molecule has 0 spiro atoms. The molecule has 0 bridgehead atoms. The van der Waals surface area contributed by atoms with Crippen LogP contribution in [-0.4, -0.2) is 17.1 Å². The number of nitrogens with one attached hydrogen (secondary N) is 1. The van der Waals surface area contributed by atoms with Crippen LogP contribution in [0, 0.1) is 0 Å². The Kier molecular flexibility index (Phi) is 5.38. The second-order valence-corrected chi connectivity index (χ2v) is 4.47. The first-order valence-electron chi connectivity index (χ1n) is 6.22. The van der Waals surface area contributed by atoms with Crippen LogP contribution < -0.4 is 11.1 Å². The van der Waals surface area contributed by atoms with Crippen molar-refractivity contribution in [1.82, 2.24) is 0 Å². The van der Waals surface area contributed by atoms with Crippen LogP contribution in [0.3, 0.4) is 0 Å². The molecule has 0 aliphatic carbocycles. The number of phenols is 1. The molecule has 0 radical (unpaired) electrons. The number of hydrogen-bond donors (Lipinski definition) is 3. The number of hydrogen-bond acceptors (Lipinski definition) is 3. The molecule has 0 aliphatic rings. The molecule has 0 aromatic heterocycles. The molecule has 1 rings (SSSR count). The number of phenolic OH excluding ortho intramolecular Hbond substituents is 1. The average molecular weight is 290 g/mol. The standard InChI is InChI=1S/C13H17F3N2O2/c1-2-3-4-9(17)12(20)18-10-7-8(13(14,15)16)5-6-11(10)19/h5-7,9,19H,2-4,17H2,1H3,(H,18,20)/t9-/m0/s1. The van der Waals surface area contributed by atoms with Gasteiger partial charge in [0.2, 0.25) is 5.91 Å². The third-order valence-electron chi connectivity index (χ3n) is 2.79. The van der Waals surface area contributed by atoms with Gasteiger partial charge in [-0.2, -0.15) is 13.2 Å². The predicted molar refractivity (Wildman–Crippen MR) is 69.2 cm³/mol. The molecule has 0 aliphatic heterocycles. The highest BCUT2D eigenvalue weighted by molar-refractivity contribution is 5.95. The van der Waals surface area contributed by atoms with E-state index in [1.165, 1.54) is 0 Å². The van der Waals surface area contributed by atoms with Crippen LogP contribution in [0.5, 0.6) is 5.75 Å². The Morgan fingerprint density at radius 1 is 1.45 bits per heavy atom. The fourth-order valence-electron chi connectivity index (χ4n) is 1.59. The molecule has 4 N–H and O–H groups in total. The molecule has 4 nitrogen and oxygen atoms in total. The van der Waals surface area contributed by atoms with Crippen LogP contribution in [0.4, 0.5) is 18.9 Å². The van der Waals surface area contributed by atoms with E-state index in [2.05, 4.69) is 5.32 Å². The molecule has 20 heavy (non-hydrogen) atoms. The van der Waals surface area contributed by atoms with Crippen LogP contribution in [0.1, 0.15) is 31.7 Å². The lowest BCUT2D eigenvalue weighted by Crippen LogP contribution is -2.35. The van der Waals surface area contributed by atoms with Crippen molar-refractivity contribution >= 4 is 11.6 Å². The summed E-state index contributed by atoms with van der Waals surface area (Å²) < 4.78 is 37.6. The van der Waals surface area contributed by atoms with Crippen LogP contribution in [-0.2, 0) is 11.0 Å². The zero-order valence-corrected chi connectivity index (χ0v) is 11.0. The predicted octanol–water partition coefficient (Wildman–Crippen LogP) is 2.87. The van der Waals surface area contributed by atoms with Gasteiger partial charge >= 0.3 is 6.18 Å². The maximum Gasteiger partial charge on any atom is 0.416 e. The average Bonchev–Trinajstić information content (AvgIpc) is 2.37. The van der Waals surface area contributed by atoms with E-state index in [1.807, 2.05) is 6.92 Å². The summed E-state index contributed by atoms with van der Waals surface area (Å²) in [7, 11) is 0. The van der Waals surface area contributed by atoms with E-state index < -0.39 is 29.4 Å². The minimum absolute atomic E-state index is 0.295. The summed E-state index contributed by atoms with van der Waals surface area (Å²) in [6, 6.07) is 1.49. The van der Waals surface area contributed by atoms with Crippen molar-refractivity contribution in [3.8, 4) is 5.75 Å². The largest absolute Gasteiger partial charge is 0.506 e. The van der Waals surface area contributed by atoms with E-state index in [9.17, 15) is 23.1 Å². The van der Waals surface area contributed by atoms with Crippen molar-refractivity contribution in [3.05, 3.63) is 23.8 Å². The summed E-state index contributed by atoms with van der Waals surface area (Å²) >= 11 is 0. The zero-order chi connectivity index (χ0) is 15.3. The minimum atomic E-state index is -4.54. The Balaban J connectivity index is 2.84. The molecule has 1 atom stereocenters. The van der Waals surface area contributed by atoms with E-state index in [4.69, 9.17) is 5.73 Å². The second kappa shape index (κ2) is 6.60. The number of halogens is 3. The molecule has 0 fully saturated rings. The van der Waals surface area contributed by atoms with E-state index in [0.29, 0.717) is 12.5 Å². The zero-order valence-electron chi connectivity index (χ0n) is 11.0. The summed E-state index contributed by atoms with van der Waals surface area (Å²) in [6.07, 6.45) is -2.52. The van der Waals surface area contributed by atoms with Gasteiger partial charge in [0.05, 0.1) is 17.3 Å². The van der Waals surface area contributed by atoms with Crippen LogP contribution in [0.15, 0.2) is 18.2 Å². The molecule has 0 heterocycles. The fourth-order valence-corrected chi connectivity index (χ4v) is 1.59.